The number of hydrogen-bond acceptors (Lipinski definition) is 4. The van der Waals surface area contributed by atoms with Crippen molar-refractivity contribution in [2.24, 2.45) is 0 Å². The second-order valence-electron chi connectivity index (χ2n) is 6.89. The highest BCUT2D eigenvalue weighted by atomic mass is 19.2. The highest BCUT2D eigenvalue weighted by Gasteiger charge is 2.40. The minimum atomic E-state index is -1.78. The number of furan rings is 2. The Bertz CT molecular complexity index is 1330. The van der Waals surface area contributed by atoms with Crippen molar-refractivity contribution < 1.29 is 31.6 Å². The third kappa shape index (κ3) is 2.48. The molecule has 0 fully saturated rings. The van der Waals surface area contributed by atoms with Gasteiger partial charge in [-0.1, -0.05) is 30.3 Å². The number of ketones is 2. The Morgan fingerprint density at radius 1 is 0.800 bits per heavy atom. The first-order chi connectivity index (χ1) is 14.4. The zero-order valence-electron chi connectivity index (χ0n) is 15.4. The number of rotatable bonds is 2. The molecule has 30 heavy (non-hydrogen) atoms. The van der Waals surface area contributed by atoms with Crippen LogP contribution in [0.5, 0.6) is 0 Å². The first-order valence-electron chi connectivity index (χ1n) is 8.93. The van der Waals surface area contributed by atoms with Crippen molar-refractivity contribution in [2.45, 2.75) is 6.92 Å². The van der Waals surface area contributed by atoms with E-state index in [1.54, 1.807) is 6.07 Å². The Morgan fingerprint density at radius 3 is 2.17 bits per heavy atom. The van der Waals surface area contributed by atoms with Gasteiger partial charge in [0, 0.05) is 23.3 Å². The fourth-order valence-corrected chi connectivity index (χ4v) is 3.59. The summed E-state index contributed by atoms with van der Waals surface area (Å²) in [5.74, 6) is -6.15. The Balaban J connectivity index is 1.57. The van der Waals surface area contributed by atoms with Crippen LogP contribution in [0.4, 0.5) is 13.2 Å². The van der Waals surface area contributed by atoms with Gasteiger partial charge in [-0.25, -0.2) is 13.2 Å². The van der Waals surface area contributed by atoms with Gasteiger partial charge >= 0.3 is 0 Å². The fraction of sp³-hybridized carbons (Fsp3) is 0.0435. The number of halogens is 3. The van der Waals surface area contributed by atoms with E-state index in [-0.39, 0.29) is 5.76 Å². The van der Waals surface area contributed by atoms with Gasteiger partial charge < -0.3 is 8.83 Å². The van der Waals surface area contributed by atoms with Gasteiger partial charge in [0.25, 0.3) is 0 Å². The minimum Gasteiger partial charge on any atom is -0.453 e. The van der Waals surface area contributed by atoms with E-state index in [1.807, 2.05) is 30.3 Å². The van der Waals surface area contributed by atoms with Crippen LogP contribution in [0, 0.1) is 24.4 Å². The normalized spacial score (nSPS) is 14.9. The molecule has 0 N–H and O–H groups in total. The number of carbonyl (C=O) groups is 2. The molecule has 1 aliphatic carbocycles. The number of carbonyl (C=O) groups excluding carboxylic acids is 2. The summed E-state index contributed by atoms with van der Waals surface area (Å²) in [6.07, 6.45) is 1.12. The molecule has 0 atom stereocenters. The molecule has 0 radical (unpaired) electrons. The van der Waals surface area contributed by atoms with Crippen LogP contribution in [0.15, 0.2) is 56.9 Å². The molecule has 2 heterocycles. The van der Waals surface area contributed by atoms with E-state index in [0.29, 0.717) is 16.9 Å². The second-order valence-corrected chi connectivity index (χ2v) is 6.89. The minimum absolute atomic E-state index is 0.117. The molecule has 5 rings (SSSR count). The Hall–Kier alpha value is -3.87. The molecular formula is C23H11F3O4. The molecular weight excluding hydrogens is 397 g/mol. The molecule has 2 aromatic heterocycles. The first-order valence-corrected chi connectivity index (χ1v) is 8.93. The quantitative estimate of drug-likeness (QED) is 0.236. The molecule has 0 spiro atoms. The summed E-state index contributed by atoms with van der Waals surface area (Å²) < 4.78 is 53.1. The Kier molecular flexibility index (Phi) is 3.83. The van der Waals surface area contributed by atoms with Crippen LogP contribution < -0.4 is 0 Å². The maximum Gasteiger partial charge on any atom is 0.200 e. The molecule has 4 aromatic rings. The van der Waals surface area contributed by atoms with E-state index in [1.165, 1.54) is 6.07 Å². The molecule has 2 aromatic carbocycles. The van der Waals surface area contributed by atoms with Crippen LogP contribution in [0.1, 0.15) is 32.0 Å². The Morgan fingerprint density at radius 2 is 1.47 bits per heavy atom. The number of hydrogen-bond donors (Lipinski definition) is 0. The van der Waals surface area contributed by atoms with E-state index in [4.69, 9.17) is 8.83 Å². The summed E-state index contributed by atoms with van der Waals surface area (Å²) in [6, 6.07) is 12.5. The van der Waals surface area contributed by atoms with E-state index >= 15 is 0 Å². The van der Waals surface area contributed by atoms with Crippen molar-refractivity contribution in [3.05, 3.63) is 87.9 Å². The zero-order valence-corrected chi connectivity index (χ0v) is 15.4. The van der Waals surface area contributed by atoms with Gasteiger partial charge in [-0.15, -0.1) is 0 Å². The molecule has 0 bridgehead atoms. The molecule has 0 unspecified atom stereocenters. The van der Waals surface area contributed by atoms with Crippen molar-refractivity contribution >= 4 is 28.8 Å². The summed E-state index contributed by atoms with van der Waals surface area (Å²) >= 11 is 0. The molecule has 0 aliphatic heterocycles. The van der Waals surface area contributed by atoms with E-state index in [9.17, 15) is 22.8 Å². The summed E-state index contributed by atoms with van der Waals surface area (Å²) in [5.41, 5.74) is -0.460. The highest BCUT2D eigenvalue weighted by molar-refractivity contribution is 6.41. The van der Waals surface area contributed by atoms with Crippen LogP contribution in [0.2, 0.25) is 0 Å². The number of fused-ring (bicyclic) bond motifs is 2. The maximum absolute atomic E-state index is 14.1. The molecule has 0 saturated carbocycles. The standard InChI is InChI=1S/C23H11F3O4/c1-10-17-18(20(25)21(26)19(10)24)23(28)13(22(17)27)7-12-8-15-16(29-12)9-14(30-15)11-5-3-2-4-6-11/h2-9H,1H3/b13-7+. The van der Waals surface area contributed by atoms with Gasteiger partial charge in [-0.05, 0) is 18.6 Å². The number of Topliss-reactive ketones (excluding diaryl/α,β-unsaturated/α-hetero) is 2. The zero-order chi connectivity index (χ0) is 21.2. The SMILES string of the molecule is Cc1c(F)c(F)c(F)c2c1C(=O)/C(=C\c1cc3oc(-c4ccccc4)cc3o1)C2=O. The van der Waals surface area contributed by atoms with E-state index in [0.717, 1.165) is 18.6 Å². The monoisotopic (exact) mass is 408 g/mol. The van der Waals surface area contributed by atoms with Crippen LogP contribution in [-0.4, -0.2) is 11.6 Å². The summed E-state index contributed by atoms with van der Waals surface area (Å²) in [6.45, 7) is 1.12. The molecule has 1 aliphatic rings. The van der Waals surface area contributed by atoms with Crippen molar-refractivity contribution in [3.63, 3.8) is 0 Å². The van der Waals surface area contributed by atoms with Crippen molar-refractivity contribution in [1.82, 2.24) is 0 Å². The van der Waals surface area contributed by atoms with Gasteiger partial charge in [0.2, 0.25) is 5.78 Å². The lowest BCUT2D eigenvalue weighted by Gasteiger charge is -2.05. The summed E-state index contributed by atoms with van der Waals surface area (Å²) in [5, 5.41) is 0. The van der Waals surface area contributed by atoms with Gasteiger partial charge in [0.15, 0.2) is 34.4 Å². The topological polar surface area (TPSA) is 60.4 Å². The predicted octanol–water partition coefficient (Wildman–Crippen LogP) is 5.88. The highest BCUT2D eigenvalue weighted by Crippen LogP contribution is 2.36. The number of allylic oxidation sites excluding steroid dienone is 1. The average Bonchev–Trinajstić information content (AvgIpc) is 3.38. The van der Waals surface area contributed by atoms with E-state index < -0.39 is 51.3 Å². The number of benzene rings is 2. The first kappa shape index (κ1) is 18.2. The molecule has 7 heteroatoms. The van der Waals surface area contributed by atoms with Crippen LogP contribution in [0.3, 0.4) is 0 Å². The molecule has 0 amide bonds. The largest absolute Gasteiger partial charge is 0.453 e. The smallest absolute Gasteiger partial charge is 0.200 e. The van der Waals surface area contributed by atoms with Crippen LogP contribution in [-0.2, 0) is 0 Å². The second kappa shape index (κ2) is 6.32. The van der Waals surface area contributed by atoms with Crippen molar-refractivity contribution in [3.8, 4) is 11.3 Å². The van der Waals surface area contributed by atoms with Crippen LogP contribution >= 0.6 is 0 Å². The van der Waals surface area contributed by atoms with Crippen molar-refractivity contribution in [1.29, 1.82) is 0 Å². The predicted molar refractivity (Wildman–Crippen MR) is 102 cm³/mol. The fourth-order valence-electron chi connectivity index (χ4n) is 3.59. The lowest BCUT2D eigenvalue weighted by Crippen LogP contribution is -2.06. The third-order valence-corrected chi connectivity index (χ3v) is 5.07. The third-order valence-electron chi connectivity index (χ3n) is 5.07. The molecule has 0 saturated heterocycles. The molecule has 4 nitrogen and oxygen atoms in total. The van der Waals surface area contributed by atoms with Gasteiger partial charge in [0.05, 0.1) is 11.1 Å². The lowest BCUT2D eigenvalue weighted by molar-refractivity contribution is 0.0989. The summed E-state index contributed by atoms with van der Waals surface area (Å²) in [7, 11) is 0. The molecule has 148 valence electrons. The average molecular weight is 408 g/mol. The van der Waals surface area contributed by atoms with Gasteiger partial charge in [0.1, 0.15) is 11.5 Å². The van der Waals surface area contributed by atoms with Gasteiger partial charge in [-0.3, -0.25) is 9.59 Å². The van der Waals surface area contributed by atoms with E-state index in [2.05, 4.69) is 0 Å². The Labute approximate surface area is 167 Å². The van der Waals surface area contributed by atoms with Gasteiger partial charge in [-0.2, -0.15) is 0 Å². The van der Waals surface area contributed by atoms with Crippen molar-refractivity contribution in [2.75, 3.05) is 0 Å². The van der Waals surface area contributed by atoms with Crippen LogP contribution in [0.25, 0.3) is 28.6 Å². The lowest BCUT2D eigenvalue weighted by atomic mass is 10.0. The maximum atomic E-state index is 14.1. The summed E-state index contributed by atoms with van der Waals surface area (Å²) in [4.78, 5) is 25.2.